The van der Waals surface area contributed by atoms with Crippen molar-refractivity contribution in [3.8, 4) is 67.5 Å². The Labute approximate surface area is 364 Å². The van der Waals surface area contributed by atoms with Crippen LogP contribution < -0.4 is 0 Å². The number of hydrogen-bond acceptors (Lipinski definition) is 4. The van der Waals surface area contributed by atoms with Gasteiger partial charge in [0, 0.05) is 36.9 Å². The molecule has 0 amide bonds. The second kappa shape index (κ2) is 14.7. The molecule has 3 nitrogen and oxygen atoms in total. The summed E-state index contributed by atoms with van der Waals surface area (Å²) in [7, 11) is 0. The highest BCUT2D eigenvalue weighted by Crippen LogP contribution is 2.58. The predicted molar refractivity (Wildman–Crippen MR) is 257 cm³/mol. The summed E-state index contributed by atoms with van der Waals surface area (Å²) in [4.78, 5) is 15.8. The molecule has 4 heteroatoms. The van der Waals surface area contributed by atoms with Crippen LogP contribution in [0.1, 0.15) is 22.3 Å². The van der Waals surface area contributed by atoms with Gasteiger partial charge in [0.2, 0.25) is 0 Å². The fraction of sp³-hybridized carbons (Fsp3) is 0.0172. The van der Waals surface area contributed by atoms with E-state index < -0.39 is 5.41 Å². The Hall–Kier alpha value is -7.79. The molecule has 0 saturated heterocycles. The van der Waals surface area contributed by atoms with Crippen LogP contribution in [0.3, 0.4) is 0 Å². The van der Waals surface area contributed by atoms with Gasteiger partial charge in [-0.3, -0.25) is 0 Å². The molecule has 0 unspecified atom stereocenters. The SMILES string of the molecule is c1ccc(-c2nc(-c3cccc(-c4ccc(-c5cccc6c5sc5ccccc56)cc4)c3)nc(-c3cccc4c3-c3ccccc3C4(c3ccccc3)c3ccccc3)n2)cc1. The Bertz CT molecular complexity index is 3410. The van der Waals surface area contributed by atoms with Gasteiger partial charge in [-0.1, -0.05) is 212 Å². The molecule has 0 N–H and O–H groups in total. The zero-order valence-electron chi connectivity index (χ0n) is 33.6. The van der Waals surface area contributed by atoms with Crippen LogP contribution in [0.15, 0.2) is 224 Å². The van der Waals surface area contributed by atoms with Gasteiger partial charge < -0.3 is 0 Å². The molecule has 2 heterocycles. The minimum atomic E-state index is -0.531. The van der Waals surface area contributed by atoms with Crippen molar-refractivity contribution in [1.82, 2.24) is 15.0 Å². The van der Waals surface area contributed by atoms with Crippen LogP contribution in [0.4, 0.5) is 0 Å². The molecule has 0 bridgehead atoms. The number of benzene rings is 9. The highest BCUT2D eigenvalue weighted by molar-refractivity contribution is 7.26. The summed E-state index contributed by atoms with van der Waals surface area (Å²) < 4.78 is 2.64. The van der Waals surface area contributed by atoms with E-state index in [-0.39, 0.29) is 0 Å². The summed E-state index contributed by atoms with van der Waals surface area (Å²) in [5.41, 5.74) is 14.2. The summed E-state index contributed by atoms with van der Waals surface area (Å²) in [6.45, 7) is 0. The number of thiophene rings is 1. The van der Waals surface area contributed by atoms with Crippen molar-refractivity contribution < 1.29 is 0 Å². The van der Waals surface area contributed by atoms with Crippen LogP contribution >= 0.6 is 11.3 Å². The standard InChI is InChI=1S/C58H37N3S/c1-4-17-40(18-5-1)55-59-56(42-20-14-19-41(37-42)38-33-35-39(36-34-38)45-27-15-28-47-46-25-11-13-32-52(46)62-54(45)47)61-57(60-55)49-29-16-31-51-53(49)48-26-10-12-30-50(48)58(51,43-21-6-2-7-22-43)44-23-8-3-9-24-44/h1-37H. The van der Waals surface area contributed by atoms with E-state index in [2.05, 4.69) is 206 Å². The van der Waals surface area contributed by atoms with Crippen molar-refractivity contribution in [2.24, 2.45) is 0 Å². The third kappa shape index (κ3) is 5.76. The smallest absolute Gasteiger partial charge is 0.164 e. The van der Waals surface area contributed by atoms with Crippen molar-refractivity contribution in [1.29, 1.82) is 0 Å². The molecule has 12 rings (SSSR count). The summed E-state index contributed by atoms with van der Waals surface area (Å²) in [6.07, 6.45) is 0. The first-order valence-electron chi connectivity index (χ1n) is 21.0. The molecular formula is C58H37N3S. The van der Waals surface area contributed by atoms with E-state index in [9.17, 15) is 0 Å². The first-order valence-corrected chi connectivity index (χ1v) is 21.8. The zero-order valence-corrected chi connectivity index (χ0v) is 34.4. The lowest BCUT2D eigenvalue weighted by atomic mass is 9.67. The van der Waals surface area contributed by atoms with E-state index in [4.69, 9.17) is 15.0 Å². The Morgan fingerprint density at radius 2 is 0.839 bits per heavy atom. The summed E-state index contributed by atoms with van der Waals surface area (Å²) >= 11 is 1.86. The van der Waals surface area contributed by atoms with Crippen LogP contribution in [0.25, 0.3) is 87.7 Å². The predicted octanol–water partition coefficient (Wildman–Crippen LogP) is 14.9. The molecule has 0 fully saturated rings. The zero-order chi connectivity index (χ0) is 41.0. The maximum absolute atomic E-state index is 5.36. The summed E-state index contributed by atoms with van der Waals surface area (Å²) in [5.74, 6) is 1.91. The van der Waals surface area contributed by atoms with Crippen LogP contribution in [0.5, 0.6) is 0 Å². The molecule has 0 saturated carbocycles. The average molecular weight is 808 g/mol. The maximum Gasteiger partial charge on any atom is 0.164 e. The Kier molecular flexibility index (Phi) is 8.58. The summed E-state index contributed by atoms with van der Waals surface area (Å²) in [5, 5.41) is 2.62. The molecular weight excluding hydrogens is 771 g/mol. The Balaban J connectivity index is 0.997. The van der Waals surface area contributed by atoms with Gasteiger partial charge in [-0.2, -0.15) is 0 Å². The van der Waals surface area contributed by atoms with E-state index >= 15 is 0 Å². The van der Waals surface area contributed by atoms with E-state index in [1.54, 1.807) is 0 Å². The lowest BCUT2D eigenvalue weighted by Gasteiger charge is -2.33. The van der Waals surface area contributed by atoms with E-state index in [1.165, 1.54) is 59.1 Å². The second-order valence-electron chi connectivity index (χ2n) is 15.9. The number of rotatable bonds is 7. The fourth-order valence-electron chi connectivity index (χ4n) is 9.68. The van der Waals surface area contributed by atoms with Crippen molar-refractivity contribution >= 4 is 31.5 Å². The van der Waals surface area contributed by atoms with Gasteiger partial charge in [0.1, 0.15) is 0 Å². The number of fused-ring (bicyclic) bond motifs is 6. The molecule has 0 atom stereocenters. The van der Waals surface area contributed by atoms with Gasteiger partial charge in [-0.15, -0.1) is 11.3 Å². The second-order valence-corrected chi connectivity index (χ2v) is 16.9. The van der Waals surface area contributed by atoms with Crippen molar-refractivity contribution in [3.05, 3.63) is 247 Å². The molecule has 1 aliphatic carbocycles. The Morgan fingerprint density at radius 1 is 0.323 bits per heavy atom. The third-order valence-electron chi connectivity index (χ3n) is 12.4. The average Bonchev–Trinajstić information content (AvgIpc) is 3.89. The summed E-state index contributed by atoms with van der Waals surface area (Å²) in [6, 6.07) is 80.3. The largest absolute Gasteiger partial charge is 0.208 e. The fourth-order valence-corrected chi connectivity index (χ4v) is 10.9. The van der Waals surface area contributed by atoms with Gasteiger partial charge in [0.15, 0.2) is 17.5 Å². The molecule has 9 aromatic carbocycles. The molecule has 62 heavy (non-hydrogen) atoms. The quantitative estimate of drug-likeness (QED) is 0.161. The number of nitrogens with zero attached hydrogens (tertiary/aromatic N) is 3. The van der Waals surface area contributed by atoms with Crippen LogP contribution in [0, 0.1) is 0 Å². The lowest BCUT2D eigenvalue weighted by molar-refractivity contribution is 0.768. The van der Waals surface area contributed by atoms with Crippen molar-refractivity contribution in [2.75, 3.05) is 0 Å². The number of aromatic nitrogens is 3. The van der Waals surface area contributed by atoms with E-state index in [0.29, 0.717) is 17.5 Å². The van der Waals surface area contributed by atoms with Gasteiger partial charge in [-0.25, -0.2) is 15.0 Å². The first kappa shape index (κ1) is 36.1. The van der Waals surface area contributed by atoms with Crippen molar-refractivity contribution in [2.45, 2.75) is 5.41 Å². The molecule has 0 aliphatic heterocycles. The minimum absolute atomic E-state index is 0.531. The van der Waals surface area contributed by atoms with Gasteiger partial charge in [-0.05, 0) is 67.8 Å². The molecule has 290 valence electrons. The van der Waals surface area contributed by atoms with Crippen LogP contribution in [-0.4, -0.2) is 15.0 Å². The van der Waals surface area contributed by atoms with Gasteiger partial charge in [0.25, 0.3) is 0 Å². The van der Waals surface area contributed by atoms with E-state index in [1.807, 2.05) is 29.5 Å². The van der Waals surface area contributed by atoms with Crippen LogP contribution in [-0.2, 0) is 5.41 Å². The minimum Gasteiger partial charge on any atom is -0.208 e. The highest BCUT2D eigenvalue weighted by Gasteiger charge is 2.47. The lowest BCUT2D eigenvalue weighted by Crippen LogP contribution is -2.28. The first-order chi connectivity index (χ1) is 30.7. The van der Waals surface area contributed by atoms with Gasteiger partial charge >= 0.3 is 0 Å². The van der Waals surface area contributed by atoms with Crippen LogP contribution in [0.2, 0.25) is 0 Å². The molecule has 0 radical (unpaired) electrons. The highest BCUT2D eigenvalue weighted by atomic mass is 32.1. The van der Waals surface area contributed by atoms with Gasteiger partial charge in [0.05, 0.1) is 5.41 Å². The molecule has 2 aromatic heterocycles. The topological polar surface area (TPSA) is 38.7 Å². The number of hydrogen-bond donors (Lipinski definition) is 0. The molecule has 11 aromatic rings. The monoisotopic (exact) mass is 807 g/mol. The molecule has 0 spiro atoms. The van der Waals surface area contributed by atoms with Crippen molar-refractivity contribution in [3.63, 3.8) is 0 Å². The Morgan fingerprint density at radius 3 is 1.61 bits per heavy atom. The van der Waals surface area contributed by atoms with E-state index in [0.717, 1.165) is 33.4 Å². The third-order valence-corrected chi connectivity index (χ3v) is 13.7. The maximum atomic E-state index is 5.36. The molecule has 1 aliphatic rings. The normalized spacial score (nSPS) is 12.6.